The third kappa shape index (κ3) is 2.31. The Kier molecular flexibility index (Phi) is 3.28. The van der Waals surface area contributed by atoms with E-state index in [0.29, 0.717) is 10.6 Å². The van der Waals surface area contributed by atoms with Gasteiger partial charge in [0.2, 0.25) is 0 Å². The lowest BCUT2D eigenvalue weighted by molar-refractivity contribution is -0.0712. The summed E-state index contributed by atoms with van der Waals surface area (Å²) in [5.74, 6) is 0.697. The average Bonchev–Trinajstić information content (AvgIpc) is 2.78. The van der Waals surface area contributed by atoms with Crippen LogP contribution in [-0.2, 0) is 4.74 Å². The third-order valence-electron chi connectivity index (χ3n) is 3.46. The number of methoxy groups -OCH3 is 1. The predicted octanol–water partition coefficient (Wildman–Crippen LogP) is 3.53. The van der Waals surface area contributed by atoms with Crippen LogP contribution >= 0.6 is 11.3 Å². The molecule has 3 nitrogen and oxygen atoms in total. The average molecular weight is 268 g/mol. The first-order chi connectivity index (χ1) is 8.27. The van der Waals surface area contributed by atoms with E-state index in [1.807, 2.05) is 39.1 Å². The second-order valence-corrected chi connectivity index (χ2v) is 6.82. The minimum atomic E-state index is -0.421. The minimum Gasteiger partial charge on any atom is -0.495 e. The van der Waals surface area contributed by atoms with Gasteiger partial charge in [0.25, 0.3) is 0 Å². The van der Waals surface area contributed by atoms with Crippen LogP contribution in [0.3, 0.4) is 0 Å². The van der Waals surface area contributed by atoms with E-state index in [2.05, 4.69) is 0 Å². The van der Waals surface area contributed by atoms with Gasteiger partial charge in [0, 0.05) is 0 Å². The number of rotatable bonds is 3. The molecule has 0 saturated carbocycles. The first kappa shape index (κ1) is 13.6. The molecule has 1 aliphatic rings. The van der Waals surface area contributed by atoms with Gasteiger partial charge in [-0.25, -0.2) is 0 Å². The van der Waals surface area contributed by atoms with Crippen LogP contribution in [0.1, 0.15) is 43.8 Å². The number of carbonyl (C=O) groups is 1. The monoisotopic (exact) mass is 268 g/mol. The van der Waals surface area contributed by atoms with Gasteiger partial charge >= 0.3 is 0 Å². The molecule has 100 valence electrons. The molecule has 1 aromatic rings. The van der Waals surface area contributed by atoms with E-state index in [-0.39, 0.29) is 17.3 Å². The second-order valence-electron chi connectivity index (χ2n) is 5.90. The molecule has 0 amide bonds. The van der Waals surface area contributed by atoms with E-state index in [1.54, 1.807) is 7.11 Å². The number of carbonyl (C=O) groups excluding carboxylic acids is 1. The molecular formula is C14H20O3S. The zero-order chi connectivity index (χ0) is 13.6. The van der Waals surface area contributed by atoms with Crippen molar-refractivity contribution >= 4 is 17.1 Å². The lowest BCUT2D eigenvalue weighted by atomic mass is 9.83. The van der Waals surface area contributed by atoms with Crippen molar-refractivity contribution in [3.63, 3.8) is 0 Å². The Hall–Kier alpha value is -0.870. The van der Waals surface area contributed by atoms with Gasteiger partial charge in [-0.1, -0.05) is 0 Å². The van der Waals surface area contributed by atoms with Crippen LogP contribution < -0.4 is 4.74 Å². The molecule has 0 bridgehead atoms. The quantitative estimate of drug-likeness (QED) is 0.787. The SMILES string of the molecule is COc1ccsc1C(=O)C1CC(C)(C)OC1(C)C. The molecular weight excluding hydrogens is 248 g/mol. The molecule has 4 heteroatoms. The smallest absolute Gasteiger partial charge is 0.182 e. The van der Waals surface area contributed by atoms with Crippen molar-refractivity contribution in [2.24, 2.45) is 5.92 Å². The standard InChI is InChI=1S/C14H20O3S/c1-13(2)8-9(14(3,4)17-13)11(15)12-10(16-5)6-7-18-12/h6-7,9H,8H2,1-5H3. The fraction of sp³-hybridized carbons (Fsp3) is 0.643. The van der Waals surface area contributed by atoms with Gasteiger partial charge in [-0.15, -0.1) is 11.3 Å². The van der Waals surface area contributed by atoms with Crippen molar-refractivity contribution in [2.45, 2.75) is 45.3 Å². The van der Waals surface area contributed by atoms with Crippen molar-refractivity contribution in [2.75, 3.05) is 7.11 Å². The van der Waals surface area contributed by atoms with Crippen LogP contribution in [0.2, 0.25) is 0 Å². The maximum Gasteiger partial charge on any atom is 0.182 e. The van der Waals surface area contributed by atoms with Crippen molar-refractivity contribution in [3.8, 4) is 5.75 Å². The van der Waals surface area contributed by atoms with Gasteiger partial charge in [0.15, 0.2) is 5.78 Å². The number of ether oxygens (including phenoxy) is 2. The normalized spacial score (nSPS) is 25.1. The van der Waals surface area contributed by atoms with E-state index >= 15 is 0 Å². The Morgan fingerprint density at radius 2 is 2.11 bits per heavy atom. The second kappa shape index (κ2) is 4.35. The number of hydrogen-bond donors (Lipinski definition) is 0. The zero-order valence-electron chi connectivity index (χ0n) is 11.6. The van der Waals surface area contributed by atoms with E-state index in [0.717, 1.165) is 6.42 Å². The van der Waals surface area contributed by atoms with Crippen LogP contribution in [0, 0.1) is 5.92 Å². The Morgan fingerprint density at radius 1 is 1.44 bits per heavy atom. The molecule has 0 aromatic carbocycles. The van der Waals surface area contributed by atoms with Crippen LogP contribution in [-0.4, -0.2) is 24.1 Å². The molecule has 1 unspecified atom stereocenters. The Bertz CT molecular complexity index is 459. The molecule has 2 rings (SSSR count). The molecule has 0 spiro atoms. The Labute approximate surface area is 112 Å². The number of hydrogen-bond acceptors (Lipinski definition) is 4. The number of ketones is 1. The Morgan fingerprint density at radius 3 is 2.61 bits per heavy atom. The molecule has 1 aromatic heterocycles. The summed E-state index contributed by atoms with van der Waals surface area (Å²) < 4.78 is 11.2. The Balaban J connectivity index is 2.30. The van der Waals surface area contributed by atoms with Crippen LogP contribution in [0.4, 0.5) is 0 Å². The van der Waals surface area contributed by atoms with E-state index in [9.17, 15) is 4.79 Å². The zero-order valence-corrected chi connectivity index (χ0v) is 12.4. The summed E-state index contributed by atoms with van der Waals surface area (Å²) >= 11 is 1.44. The highest BCUT2D eigenvalue weighted by atomic mass is 32.1. The summed E-state index contributed by atoms with van der Waals surface area (Å²) in [5.41, 5.74) is -0.663. The topological polar surface area (TPSA) is 35.5 Å². The summed E-state index contributed by atoms with van der Waals surface area (Å²) in [7, 11) is 1.60. The van der Waals surface area contributed by atoms with Gasteiger partial charge in [-0.05, 0) is 45.6 Å². The molecule has 0 N–H and O–H groups in total. The van der Waals surface area contributed by atoms with Gasteiger partial charge in [-0.2, -0.15) is 0 Å². The van der Waals surface area contributed by atoms with E-state index in [4.69, 9.17) is 9.47 Å². The summed E-state index contributed by atoms with van der Waals surface area (Å²) in [5, 5.41) is 1.89. The number of Topliss-reactive ketones (excluding diaryl/α,β-unsaturated/α-hetero) is 1. The molecule has 18 heavy (non-hydrogen) atoms. The molecule has 1 atom stereocenters. The largest absolute Gasteiger partial charge is 0.495 e. The van der Waals surface area contributed by atoms with Gasteiger partial charge < -0.3 is 9.47 Å². The molecule has 1 fully saturated rings. The third-order valence-corrected chi connectivity index (χ3v) is 4.37. The van der Waals surface area contributed by atoms with Gasteiger partial charge in [0.1, 0.15) is 10.6 Å². The van der Waals surface area contributed by atoms with Crippen LogP contribution in [0.15, 0.2) is 11.4 Å². The predicted molar refractivity (Wildman–Crippen MR) is 72.6 cm³/mol. The fourth-order valence-electron chi connectivity index (χ4n) is 2.77. The lowest BCUT2D eigenvalue weighted by Gasteiger charge is -2.26. The minimum absolute atomic E-state index is 0.111. The van der Waals surface area contributed by atoms with Crippen molar-refractivity contribution in [3.05, 3.63) is 16.3 Å². The highest BCUT2D eigenvalue weighted by Crippen LogP contribution is 2.44. The summed E-state index contributed by atoms with van der Waals surface area (Å²) in [6.45, 7) is 8.05. The summed E-state index contributed by atoms with van der Waals surface area (Å²) in [6, 6.07) is 1.84. The highest BCUT2D eigenvalue weighted by molar-refractivity contribution is 7.12. The molecule has 0 aliphatic carbocycles. The molecule has 1 saturated heterocycles. The fourth-order valence-corrected chi connectivity index (χ4v) is 3.62. The van der Waals surface area contributed by atoms with Crippen molar-refractivity contribution in [1.82, 2.24) is 0 Å². The molecule has 1 aliphatic heterocycles. The maximum atomic E-state index is 12.6. The maximum absolute atomic E-state index is 12.6. The van der Waals surface area contributed by atoms with Gasteiger partial charge in [0.05, 0.1) is 24.2 Å². The highest BCUT2D eigenvalue weighted by Gasteiger charge is 2.49. The summed E-state index contributed by atoms with van der Waals surface area (Å²) in [6.07, 6.45) is 0.750. The van der Waals surface area contributed by atoms with Gasteiger partial charge in [-0.3, -0.25) is 4.79 Å². The molecule has 2 heterocycles. The van der Waals surface area contributed by atoms with E-state index in [1.165, 1.54) is 11.3 Å². The van der Waals surface area contributed by atoms with Crippen molar-refractivity contribution < 1.29 is 14.3 Å². The van der Waals surface area contributed by atoms with E-state index < -0.39 is 5.60 Å². The number of thiophene rings is 1. The van der Waals surface area contributed by atoms with Crippen LogP contribution in [0.25, 0.3) is 0 Å². The first-order valence-electron chi connectivity index (χ1n) is 6.13. The van der Waals surface area contributed by atoms with Crippen molar-refractivity contribution in [1.29, 1.82) is 0 Å². The first-order valence-corrected chi connectivity index (χ1v) is 7.01. The molecule has 0 radical (unpaired) electrons. The summed E-state index contributed by atoms with van der Waals surface area (Å²) in [4.78, 5) is 13.3. The lowest BCUT2D eigenvalue weighted by Crippen LogP contribution is -2.33. The van der Waals surface area contributed by atoms with Crippen LogP contribution in [0.5, 0.6) is 5.75 Å².